The normalized spacial score (nSPS) is 13.8. The number of hydrogen-bond acceptors (Lipinski definition) is 0. The Morgan fingerprint density at radius 3 is 1.25 bits per heavy atom. The zero-order valence-electron chi connectivity index (χ0n) is 45.8. The van der Waals surface area contributed by atoms with Gasteiger partial charge in [0.25, 0.3) is 0 Å². The molecule has 0 radical (unpaired) electrons. The Labute approximate surface area is 445 Å². The predicted molar refractivity (Wildman–Crippen MR) is 326 cm³/mol. The lowest BCUT2D eigenvalue weighted by Crippen LogP contribution is -2.16. The predicted octanol–water partition coefficient (Wildman–Crippen LogP) is 21.9. The van der Waals surface area contributed by atoms with Crippen LogP contribution in [0.3, 0.4) is 0 Å². The molecule has 0 heterocycles. The summed E-state index contributed by atoms with van der Waals surface area (Å²) >= 11 is 0. The number of hydrogen-bond donors (Lipinski definition) is 0. The summed E-state index contributed by atoms with van der Waals surface area (Å²) in [5.41, 5.74) is 29.1. The Morgan fingerprint density at radius 1 is 0.333 bits per heavy atom. The van der Waals surface area contributed by atoms with Gasteiger partial charge in [-0.05, 0) is 196 Å². The topological polar surface area (TPSA) is 0 Å². The van der Waals surface area contributed by atoms with Gasteiger partial charge in [0.05, 0.1) is 0 Å². The van der Waals surface area contributed by atoms with Gasteiger partial charge in [0.1, 0.15) is 0 Å². The summed E-state index contributed by atoms with van der Waals surface area (Å²) in [6.07, 6.45) is 9.38. The summed E-state index contributed by atoms with van der Waals surface area (Å²) in [6.45, 7) is 26.0. The molecule has 0 saturated heterocycles. The zero-order valence-corrected chi connectivity index (χ0v) is 45.8. The van der Waals surface area contributed by atoms with Crippen molar-refractivity contribution >= 4 is 37.9 Å². The molecular formula is C75H68. The Morgan fingerprint density at radius 2 is 0.773 bits per heavy atom. The van der Waals surface area contributed by atoms with Crippen molar-refractivity contribution in [1.82, 2.24) is 0 Å². The Balaban J connectivity index is 1.21. The first kappa shape index (κ1) is 47.2. The molecule has 368 valence electrons. The summed E-state index contributed by atoms with van der Waals surface area (Å²) in [4.78, 5) is 0. The van der Waals surface area contributed by atoms with Crippen LogP contribution < -0.4 is 0 Å². The molecule has 13 rings (SSSR count). The van der Waals surface area contributed by atoms with Gasteiger partial charge in [-0.15, -0.1) is 0 Å². The SMILES string of the molecule is CC(C)c1cc(-c2c3c(c(-c4cc(C(C)(C)C)cc(C(C)(C)C)c4)c4ccccc24)-c2ccc4c5c(ccc-3c25)-c2c-4c(-c3ccccc3)c3cc(-c4ccccc4)ccc3c2C2=CCCC=C2)cc(C(C)(C)C)c1. The monoisotopic (exact) mass is 969 g/mol. The summed E-state index contributed by atoms with van der Waals surface area (Å²) in [5.74, 6) is 0.375. The molecule has 0 heteroatoms. The summed E-state index contributed by atoms with van der Waals surface area (Å²) < 4.78 is 0. The lowest BCUT2D eigenvalue weighted by atomic mass is 9.76. The highest BCUT2D eigenvalue weighted by Gasteiger charge is 2.38. The lowest BCUT2D eigenvalue weighted by molar-refractivity contribution is 0.569. The lowest BCUT2D eigenvalue weighted by Gasteiger charge is -2.28. The van der Waals surface area contributed by atoms with Crippen molar-refractivity contribution in [3.05, 3.63) is 210 Å². The standard InChI is InChI=1S/C75H68/c1-44(2)49-37-50(39-52(38-49)73(3,4)5)65-55-29-21-22-30-56(55)66(51-40-53(74(6,7)8)43-54(41-51)75(9,10)11)72-61-36-34-59-67-58(33-35-60(68(61)67)71(65)72)69-63(46-25-17-13-18-26-46)57-32-31-48(45-23-15-12-16-24-45)42-62(57)64(70(59)69)47-27-19-14-20-28-47/h12,14-17,19-44H,13,18H2,1-11H3. The molecule has 3 aliphatic carbocycles. The molecule has 0 saturated carbocycles. The molecule has 75 heavy (non-hydrogen) atoms. The highest BCUT2D eigenvalue weighted by molar-refractivity contribution is 6.35. The van der Waals surface area contributed by atoms with E-state index in [1.54, 1.807) is 0 Å². The number of rotatable bonds is 6. The van der Waals surface area contributed by atoms with Gasteiger partial charge in [0.2, 0.25) is 0 Å². The first-order chi connectivity index (χ1) is 36.0. The minimum absolute atomic E-state index is 0.0326. The van der Waals surface area contributed by atoms with Crippen molar-refractivity contribution in [1.29, 1.82) is 0 Å². The second-order valence-electron chi connectivity index (χ2n) is 25.3. The maximum atomic E-state index is 2.53. The second kappa shape index (κ2) is 17.0. The molecule has 0 fully saturated rings. The number of benzene rings is 10. The molecule has 0 aromatic heterocycles. The number of fused-ring (bicyclic) bond motifs is 8. The van der Waals surface area contributed by atoms with Crippen molar-refractivity contribution < 1.29 is 0 Å². The fourth-order valence-electron chi connectivity index (χ4n) is 12.9. The average molecular weight is 969 g/mol. The van der Waals surface area contributed by atoms with Crippen LogP contribution in [0.4, 0.5) is 0 Å². The molecule has 0 atom stereocenters. The van der Waals surface area contributed by atoms with Crippen LogP contribution in [0.5, 0.6) is 0 Å². The molecule has 10 aromatic rings. The molecule has 0 nitrogen and oxygen atoms in total. The zero-order chi connectivity index (χ0) is 51.9. The smallest absolute Gasteiger partial charge is 0.000740 e. The molecular weight excluding hydrogens is 901 g/mol. The van der Waals surface area contributed by atoms with E-state index >= 15 is 0 Å². The fourth-order valence-corrected chi connectivity index (χ4v) is 12.9. The summed E-state index contributed by atoms with van der Waals surface area (Å²) in [7, 11) is 0. The summed E-state index contributed by atoms with van der Waals surface area (Å²) in [6, 6.07) is 63.9. The number of allylic oxidation sites excluding steroid dienone is 4. The quantitative estimate of drug-likeness (QED) is 0.156. The van der Waals surface area contributed by atoms with Crippen LogP contribution in [0.2, 0.25) is 0 Å². The fraction of sp³-hybridized carbons (Fsp3) is 0.227. The first-order valence-electron chi connectivity index (χ1n) is 27.6. The third-order valence-corrected chi connectivity index (χ3v) is 16.9. The van der Waals surface area contributed by atoms with Crippen LogP contribution in [0.1, 0.15) is 123 Å². The van der Waals surface area contributed by atoms with Crippen molar-refractivity contribution in [2.24, 2.45) is 0 Å². The van der Waals surface area contributed by atoms with Crippen LogP contribution in [-0.4, -0.2) is 0 Å². The molecule has 0 amide bonds. The van der Waals surface area contributed by atoms with Crippen LogP contribution in [0.25, 0.3) is 127 Å². The highest BCUT2D eigenvalue weighted by Crippen LogP contribution is 2.64. The molecule has 10 aromatic carbocycles. The van der Waals surface area contributed by atoms with Gasteiger partial charge in [0, 0.05) is 0 Å². The molecule has 0 spiro atoms. The van der Waals surface area contributed by atoms with Gasteiger partial charge in [-0.2, -0.15) is 0 Å². The molecule has 0 N–H and O–H groups in total. The molecule has 3 aliphatic rings. The maximum absolute atomic E-state index is 2.53. The third kappa shape index (κ3) is 7.46. The molecule has 0 unspecified atom stereocenters. The average Bonchev–Trinajstić information content (AvgIpc) is 4.09. The highest BCUT2D eigenvalue weighted by atomic mass is 14.4. The molecule has 0 aliphatic heterocycles. The van der Waals surface area contributed by atoms with E-state index in [1.807, 2.05) is 0 Å². The Bertz CT molecular complexity index is 4060. The van der Waals surface area contributed by atoms with E-state index in [4.69, 9.17) is 0 Å². The first-order valence-corrected chi connectivity index (χ1v) is 27.6. The van der Waals surface area contributed by atoms with E-state index in [1.165, 1.54) is 155 Å². The van der Waals surface area contributed by atoms with E-state index in [-0.39, 0.29) is 16.2 Å². The van der Waals surface area contributed by atoms with E-state index in [2.05, 4.69) is 258 Å². The van der Waals surface area contributed by atoms with E-state index in [9.17, 15) is 0 Å². The van der Waals surface area contributed by atoms with Crippen molar-refractivity contribution in [3.8, 4) is 89.0 Å². The van der Waals surface area contributed by atoms with Gasteiger partial charge < -0.3 is 0 Å². The maximum Gasteiger partial charge on any atom is -0.000740 e. The van der Waals surface area contributed by atoms with Gasteiger partial charge >= 0.3 is 0 Å². The minimum Gasteiger partial charge on any atom is -0.0836 e. The molecule has 0 bridgehead atoms. The second-order valence-corrected chi connectivity index (χ2v) is 25.3. The van der Waals surface area contributed by atoms with Gasteiger partial charge in [-0.3, -0.25) is 0 Å². The van der Waals surface area contributed by atoms with Gasteiger partial charge in [0.15, 0.2) is 0 Å². The van der Waals surface area contributed by atoms with Gasteiger partial charge in [-0.1, -0.05) is 252 Å². The van der Waals surface area contributed by atoms with E-state index < -0.39 is 0 Å². The van der Waals surface area contributed by atoms with E-state index in [0.717, 1.165) is 12.8 Å². The van der Waals surface area contributed by atoms with Crippen molar-refractivity contribution in [3.63, 3.8) is 0 Å². The van der Waals surface area contributed by atoms with Crippen molar-refractivity contribution in [2.75, 3.05) is 0 Å². The minimum atomic E-state index is -0.0462. The van der Waals surface area contributed by atoms with Crippen LogP contribution in [0.15, 0.2) is 182 Å². The van der Waals surface area contributed by atoms with Crippen LogP contribution in [0, 0.1) is 0 Å². The van der Waals surface area contributed by atoms with E-state index in [0.29, 0.717) is 5.92 Å². The largest absolute Gasteiger partial charge is 0.0836 e. The third-order valence-electron chi connectivity index (χ3n) is 16.9. The van der Waals surface area contributed by atoms with Crippen LogP contribution >= 0.6 is 0 Å². The Hall–Kier alpha value is -7.54. The van der Waals surface area contributed by atoms with Crippen molar-refractivity contribution in [2.45, 2.75) is 111 Å². The van der Waals surface area contributed by atoms with Gasteiger partial charge in [-0.25, -0.2) is 0 Å². The Kier molecular flexibility index (Phi) is 10.7. The van der Waals surface area contributed by atoms with Crippen LogP contribution in [-0.2, 0) is 16.2 Å². The summed E-state index contributed by atoms with van der Waals surface area (Å²) in [5, 5.41) is 7.96.